The van der Waals surface area contributed by atoms with Crippen molar-refractivity contribution in [3.05, 3.63) is 90.0 Å². The number of hydrogen-bond acceptors (Lipinski definition) is 4. The summed E-state index contributed by atoms with van der Waals surface area (Å²) in [7, 11) is -3.19. The van der Waals surface area contributed by atoms with Gasteiger partial charge in [0, 0.05) is 45.4 Å². The largest absolute Gasteiger partial charge is 0.337 e. The van der Waals surface area contributed by atoms with Crippen LogP contribution in [0.5, 0.6) is 0 Å². The first-order valence-corrected chi connectivity index (χ1v) is 12.7. The minimum absolute atomic E-state index is 0.169. The van der Waals surface area contributed by atoms with Gasteiger partial charge in [-0.15, -0.1) is 0 Å². The molecule has 32 heavy (non-hydrogen) atoms. The fourth-order valence-corrected chi connectivity index (χ4v) is 4.73. The van der Waals surface area contributed by atoms with Crippen molar-refractivity contribution in [3.8, 4) is 11.1 Å². The molecule has 1 heterocycles. The van der Waals surface area contributed by atoms with E-state index in [-0.39, 0.29) is 5.91 Å². The third-order valence-electron chi connectivity index (χ3n) is 5.90. The Balaban J connectivity index is 1.43. The number of rotatable bonds is 6. The molecular weight excluding hydrogens is 420 g/mol. The predicted molar refractivity (Wildman–Crippen MR) is 127 cm³/mol. The van der Waals surface area contributed by atoms with Gasteiger partial charge >= 0.3 is 0 Å². The Kier molecular flexibility index (Phi) is 6.72. The van der Waals surface area contributed by atoms with Gasteiger partial charge in [0.2, 0.25) is 5.91 Å². The molecule has 0 radical (unpaired) electrons. The van der Waals surface area contributed by atoms with E-state index in [0.29, 0.717) is 37.5 Å². The van der Waals surface area contributed by atoms with Crippen LogP contribution < -0.4 is 0 Å². The monoisotopic (exact) mass is 448 g/mol. The summed E-state index contributed by atoms with van der Waals surface area (Å²) in [5.74, 6) is 0.169. The van der Waals surface area contributed by atoms with Crippen molar-refractivity contribution in [1.82, 2.24) is 9.80 Å². The standard InChI is InChI=1S/C26H28N2O3S/c1-32(30,31)24-13-11-21(12-14-24)19-27-16-15-26(29)28(18-17-27)20-23-9-5-6-10-25(23)22-7-3-2-4-8-22/h2-14H,15-20H2,1H3. The SMILES string of the molecule is CS(=O)(=O)c1ccc(CN2CCC(=O)N(Cc3ccccc3-c3ccccc3)CC2)cc1. The van der Waals surface area contributed by atoms with Crippen molar-refractivity contribution in [2.45, 2.75) is 24.4 Å². The molecule has 3 aromatic rings. The summed E-state index contributed by atoms with van der Waals surface area (Å²) < 4.78 is 23.3. The third-order valence-corrected chi connectivity index (χ3v) is 7.03. The Morgan fingerprint density at radius 2 is 1.47 bits per heavy atom. The van der Waals surface area contributed by atoms with Crippen LogP contribution in [0.4, 0.5) is 0 Å². The Hall–Kier alpha value is -2.96. The van der Waals surface area contributed by atoms with Crippen LogP contribution in [0.3, 0.4) is 0 Å². The van der Waals surface area contributed by atoms with E-state index >= 15 is 0 Å². The summed E-state index contributed by atoms with van der Waals surface area (Å²) in [5, 5.41) is 0. The average Bonchev–Trinajstić information content (AvgIpc) is 2.96. The topological polar surface area (TPSA) is 57.7 Å². The van der Waals surface area contributed by atoms with Crippen LogP contribution in [-0.2, 0) is 27.7 Å². The van der Waals surface area contributed by atoms with E-state index in [1.54, 1.807) is 12.1 Å². The quantitative estimate of drug-likeness (QED) is 0.572. The molecule has 0 unspecified atom stereocenters. The second kappa shape index (κ2) is 9.67. The molecule has 0 aromatic heterocycles. The molecule has 0 aliphatic carbocycles. The van der Waals surface area contributed by atoms with Crippen molar-refractivity contribution in [2.24, 2.45) is 0 Å². The second-order valence-corrected chi connectivity index (χ2v) is 10.3. The van der Waals surface area contributed by atoms with Crippen LogP contribution in [-0.4, -0.2) is 50.0 Å². The lowest BCUT2D eigenvalue weighted by Crippen LogP contribution is -2.32. The Morgan fingerprint density at radius 3 is 2.19 bits per heavy atom. The number of sulfone groups is 1. The van der Waals surface area contributed by atoms with Gasteiger partial charge in [-0.25, -0.2) is 8.42 Å². The molecule has 0 bridgehead atoms. The smallest absolute Gasteiger partial charge is 0.224 e. The van der Waals surface area contributed by atoms with Gasteiger partial charge in [0.25, 0.3) is 0 Å². The van der Waals surface area contributed by atoms with Crippen LogP contribution in [0, 0.1) is 0 Å². The summed E-state index contributed by atoms with van der Waals surface area (Å²) in [5.41, 5.74) is 4.52. The second-order valence-electron chi connectivity index (χ2n) is 8.28. The highest BCUT2D eigenvalue weighted by Gasteiger charge is 2.22. The Morgan fingerprint density at radius 1 is 0.781 bits per heavy atom. The van der Waals surface area contributed by atoms with Gasteiger partial charge in [-0.1, -0.05) is 66.7 Å². The zero-order chi connectivity index (χ0) is 22.6. The fourth-order valence-electron chi connectivity index (χ4n) is 4.10. The molecule has 1 amide bonds. The summed E-state index contributed by atoms with van der Waals surface area (Å²) in [6.45, 7) is 3.45. The van der Waals surface area contributed by atoms with Crippen LogP contribution in [0.15, 0.2) is 83.8 Å². The molecule has 4 rings (SSSR count). The van der Waals surface area contributed by atoms with Gasteiger partial charge in [0.15, 0.2) is 9.84 Å². The van der Waals surface area contributed by atoms with Gasteiger partial charge in [0.1, 0.15) is 0 Å². The molecule has 0 N–H and O–H groups in total. The van der Waals surface area contributed by atoms with E-state index in [2.05, 4.69) is 29.2 Å². The van der Waals surface area contributed by atoms with Crippen LogP contribution in [0.1, 0.15) is 17.5 Å². The molecule has 6 heteroatoms. The van der Waals surface area contributed by atoms with Crippen LogP contribution in [0.2, 0.25) is 0 Å². The van der Waals surface area contributed by atoms with Crippen molar-refractivity contribution < 1.29 is 13.2 Å². The summed E-state index contributed by atoms with van der Waals surface area (Å²) in [6, 6.07) is 25.6. The molecule has 1 aliphatic rings. The van der Waals surface area contributed by atoms with Crippen LogP contribution >= 0.6 is 0 Å². The molecule has 3 aromatic carbocycles. The molecule has 0 atom stereocenters. The molecule has 0 spiro atoms. The van der Waals surface area contributed by atoms with E-state index in [1.165, 1.54) is 6.26 Å². The lowest BCUT2D eigenvalue weighted by Gasteiger charge is -2.23. The first kappa shape index (κ1) is 22.2. The normalized spacial score (nSPS) is 15.5. The number of carbonyl (C=O) groups excluding carboxylic acids is 1. The van der Waals surface area contributed by atoms with E-state index in [0.717, 1.165) is 28.8 Å². The van der Waals surface area contributed by atoms with Gasteiger partial charge in [-0.2, -0.15) is 0 Å². The van der Waals surface area contributed by atoms with E-state index in [4.69, 9.17) is 0 Å². The van der Waals surface area contributed by atoms with E-state index in [9.17, 15) is 13.2 Å². The molecule has 1 fully saturated rings. The number of amides is 1. The van der Waals surface area contributed by atoms with Crippen molar-refractivity contribution in [2.75, 3.05) is 25.9 Å². The van der Waals surface area contributed by atoms with Gasteiger partial charge < -0.3 is 4.90 Å². The maximum atomic E-state index is 12.9. The number of nitrogens with zero attached hydrogens (tertiary/aromatic N) is 2. The molecule has 1 saturated heterocycles. The molecule has 166 valence electrons. The highest BCUT2D eigenvalue weighted by molar-refractivity contribution is 7.90. The minimum Gasteiger partial charge on any atom is -0.337 e. The minimum atomic E-state index is -3.19. The third kappa shape index (κ3) is 5.44. The highest BCUT2D eigenvalue weighted by atomic mass is 32.2. The van der Waals surface area contributed by atoms with E-state index in [1.807, 2.05) is 47.4 Å². The zero-order valence-corrected chi connectivity index (χ0v) is 19.1. The lowest BCUT2D eigenvalue weighted by atomic mass is 9.99. The van der Waals surface area contributed by atoms with Gasteiger partial charge in [-0.05, 0) is 34.4 Å². The summed E-state index contributed by atoms with van der Waals surface area (Å²) >= 11 is 0. The van der Waals surface area contributed by atoms with E-state index < -0.39 is 9.84 Å². The fraction of sp³-hybridized carbons (Fsp3) is 0.269. The maximum Gasteiger partial charge on any atom is 0.224 e. The first-order valence-electron chi connectivity index (χ1n) is 10.8. The summed E-state index contributed by atoms with van der Waals surface area (Å²) in [6.07, 6.45) is 1.70. The van der Waals surface area contributed by atoms with Crippen LogP contribution in [0.25, 0.3) is 11.1 Å². The van der Waals surface area contributed by atoms with Crippen molar-refractivity contribution in [3.63, 3.8) is 0 Å². The maximum absolute atomic E-state index is 12.9. The molecule has 0 saturated carbocycles. The number of hydrogen-bond donors (Lipinski definition) is 0. The predicted octanol–water partition coefficient (Wildman–Crippen LogP) is 3.99. The van der Waals surface area contributed by atoms with Crippen molar-refractivity contribution in [1.29, 1.82) is 0 Å². The molecule has 5 nitrogen and oxygen atoms in total. The zero-order valence-electron chi connectivity index (χ0n) is 18.3. The summed E-state index contributed by atoms with van der Waals surface area (Å²) in [4.78, 5) is 17.4. The Labute approximate surface area is 190 Å². The van der Waals surface area contributed by atoms with Gasteiger partial charge in [-0.3, -0.25) is 9.69 Å². The number of carbonyl (C=O) groups is 1. The first-order chi connectivity index (χ1) is 15.4. The number of benzene rings is 3. The Bertz CT molecular complexity index is 1180. The average molecular weight is 449 g/mol. The highest BCUT2D eigenvalue weighted by Crippen LogP contribution is 2.25. The van der Waals surface area contributed by atoms with Gasteiger partial charge in [0.05, 0.1) is 4.90 Å². The molecule has 1 aliphatic heterocycles. The molecular formula is C26H28N2O3S. The lowest BCUT2D eigenvalue weighted by molar-refractivity contribution is -0.130. The van der Waals surface area contributed by atoms with Crippen molar-refractivity contribution >= 4 is 15.7 Å².